The highest BCUT2D eigenvalue weighted by atomic mass is 16.1. The molecule has 1 amide bonds. The Morgan fingerprint density at radius 1 is 1.17 bits per heavy atom. The van der Waals surface area contributed by atoms with Crippen molar-refractivity contribution in [2.24, 2.45) is 0 Å². The number of nitrogens with zero attached hydrogens (tertiary/aromatic N) is 1. The summed E-state index contributed by atoms with van der Waals surface area (Å²) in [6.45, 7) is 4.01. The number of pyridine rings is 1. The predicted molar refractivity (Wildman–Crippen MR) is 92.6 cm³/mol. The second-order valence-electron chi connectivity index (χ2n) is 6.36. The fourth-order valence-corrected chi connectivity index (χ4v) is 3.32. The van der Waals surface area contributed by atoms with Crippen LogP contribution in [0.4, 0.5) is 0 Å². The third-order valence-electron chi connectivity index (χ3n) is 4.65. The van der Waals surface area contributed by atoms with Gasteiger partial charge in [-0.15, -0.1) is 0 Å². The first-order valence-electron chi connectivity index (χ1n) is 8.52. The molecule has 1 aliphatic rings. The van der Waals surface area contributed by atoms with E-state index < -0.39 is 0 Å². The van der Waals surface area contributed by atoms with Gasteiger partial charge in [0.15, 0.2) is 0 Å². The van der Waals surface area contributed by atoms with Crippen LogP contribution in [0.15, 0.2) is 36.5 Å². The van der Waals surface area contributed by atoms with Gasteiger partial charge < -0.3 is 5.32 Å². The lowest BCUT2D eigenvalue weighted by Gasteiger charge is -2.22. The van der Waals surface area contributed by atoms with Gasteiger partial charge in [0.05, 0.1) is 6.04 Å². The van der Waals surface area contributed by atoms with E-state index in [4.69, 9.17) is 0 Å². The van der Waals surface area contributed by atoms with Crippen molar-refractivity contribution in [3.63, 3.8) is 0 Å². The molecule has 2 aromatic rings. The van der Waals surface area contributed by atoms with E-state index in [0.717, 1.165) is 18.5 Å². The van der Waals surface area contributed by atoms with Crippen molar-refractivity contribution in [3.05, 3.63) is 64.5 Å². The molecule has 0 saturated heterocycles. The van der Waals surface area contributed by atoms with Crippen molar-refractivity contribution in [1.29, 1.82) is 0 Å². The van der Waals surface area contributed by atoms with Gasteiger partial charge in [-0.05, 0) is 67.9 Å². The number of carbonyl (C=O) groups excluding carboxylic acids is 1. The molecule has 1 N–H and O–H groups in total. The van der Waals surface area contributed by atoms with Crippen LogP contribution in [0, 0.1) is 6.92 Å². The van der Waals surface area contributed by atoms with E-state index in [0.29, 0.717) is 5.56 Å². The highest BCUT2D eigenvalue weighted by molar-refractivity contribution is 5.94. The first-order valence-corrected chi connectivity index (χ1v) is 8.52. The first-order chi connectivity index (χ1) is 11.2. The van der Waals surface area contributed by atoms with Crippen LogP contribution in [0.2, 0.25) is 0 Å². The van der Waals surface area contributed by atoms with Crippen LogP contribution in [0.1, 0.15) is 65.0 Å². The molecule has 0 radical (unpaired) electrons. The van der Waals surface area contributed by atoms with Gasteiger partial charge in [-0.3, -0.25) is 9.78 Å². The molecule has 23 heavy (non-hydrogen) atoms. The Bertz CT molecular complexity index is 709. The van der Waals surface area contributed by atoms with Gasteiger partial charge in [0, 0.05) is 17.5 Å². The second-order valence-corrected chi connectivity index (χ2v) is 6.36. The number of aryl methyl sites for hydroxylation is 3. The number of amides is 1. The summed E-state index contributed by atoms with van der Waals surface area (Å²) in [5.74, 6) is -0.0277. The van der Waals surface area contributed by atoms with Gasteiger partial charge >= 0.3 is 0 Å². The van der Waals surface area contributed by atoms with Crippen LogP contribution >= 0.6 is 0 Å². The van der Waals surface area contributed by atoms with E-state index in [-0.39, 0.29) is 11.9 Å². The molecule has 0 fully saturated rings. The zero-order chi connectivity index (χ0) is 16.2. The Hall–Kier alpha value is -2.16. The number of benzene rings is 1. The maximum atomic E-state index is 12.5. The average Bonchev–Trinajstić information content (AvgIpc) is 2.59. The monoisotopic (exact) mass is 308 g/mol. The van der Waals surface area contributed by atoms with E-state index in [9.17, 15) is 4.79 Å². The highest BCUT2D eigenvalue weighted by Gasteiger charge is 2.17. The molecule has 120 valence electrons. The lowest BCUT2D eigenvalue weighted by molar-refractivity contribution is 0.0935. The molecule has 0 saturated carbocycles. The lowest BCUT2D eigenvalue weighted by Crippen LogP contribution is -2.28. The molecule has 1 atom stereocenters. The minimum absolute atomic E-state index is 0.0277. The number of rotatable bonds is 4. The normalized spacial score (nSPS) is 14.9. The third-order valence-corrected chi connectivity index (χ3v) is 4.65. The van der Waals surface area contributed by atoms with Crippen LogP contribution in [0.3, 0.4) is 0 Å². The fourth-order valence-electron chi connectivity index (χ4n) is 3.32. The maximum absolute atomic E-state index is 12.5. The standard InChI is InChI=1S/C20H24N2O/c1-3-19(22-20(23)18-10-11-21-14(2)12-18)17-9-8-15-6-4-5-7-16(15)13-17/h8-13,19H,3-7H2,1-2H3,(H,22,23). The van der Waals surface area contributed by atoms with Crippen molar-refractivity contribution in [2.75, 3.05) is 0 Å². The van der Waals surface area contributed by atoms with Crippen LogP contribution in [0.5, 0.6) is 0 Å². The van der Waals surface area contributed by atoms with Crippen LogP contribution in [-0.2, 0) is 12.8 Å². The summed E-state index contributed by atoms with van der Waals surface area (Å²) in [5, 5.41) is 3.17. The summed E-state index contributed by atoms with van der Waals surface area (Å²) in [5.41, 5.74) is 5.69. The first kappa shape index (κ1) is 15.7. The van der Waals surface area contributed by atoms with E-state index in [1.807, 2.05) is 13.0 Å². The van der Waals surface area contributed by atoms with Crippen molar-refractivity contribution in [2.45, 2.75) is 52.0 Å². The van der Waals surface area contributed by atoms with Crippen molar-refractivity contribution in [3.8, 4) is 0 Å². The van der Waals surface area contributed by atoms with E-state index in [2.05, 4.69) is 35.4 Å². The topological polar surface area (TPSA) is 42.0 Å². The molecular formula is C20H24N2O. The molecule has 0 spiro atoms. The van der Waals surface area contributed by atoms with E-state index in [1.165, 1.54) is 36.0 Å². The second kappa shape index (κ2) is 6.95. The highest BCUT2D eigenvalue weighted by Crippen LogP contribution is 2.26. The van der Waals surface area contributed by atoms with Crippen molar-refractivity contribution >= 4 is 5.91 Å². The molecule has 3 rings (SSSR count). The van der Waals surface area contributed by atoms with Gasteiger partial charge in [0.25, 0.3) is 5.91 Å². The largest absolute Gasteiger partial charge is 0.345 e. The molecule has 3 nitrogen and oxygen atoms in total. The molecule has 0 bridgehead atoms. The van der Waals surface area contributed by atoms with E-state index in [1.54, 1.807) is 12.3 Å². The summed E-state index contributed by atoms with van der Waals surface area (Å²) in [6, 6.07) is 10.4. The van der Waals surface area contributed by atoms with Crippen LogP contribution < -0.4 is 5.32 Å². The molecule has 1 unspecified atom stereocenters. The van der Waals surface area contributed by atoms with Gasteiger partial charge in [0.2, 0.25) is 0 Å². The molecular weight excluding hydrogens is 284 g/mol. The minimum atomic E-state index is -0.0277. The molecule has 1 aromatic heterocycles. The van der Waals surface area contributed by atoms with Crippen LogP contribution in [-0.4, -0.2) is 10.9 Å². The SMILES string of the molecule is CCC(NC(=O)c1ccnc(C)c1)c1ccc2c(c1)CCCC2. The molecule has 1 heterocycles. The number of hydrogen-bond acceptors (Lipinski definition) is 2. The zero-order valence-electron chi connectivity index (χ0n) is 13.9. The third kappa shape index (κ3) is 3.61. The predicted octanol–water partition coefficient (Wildman–Crippen LogP) is 4.15. The van der Waals surface area contributed by atoms with E-state index >= 15 is 0 Å². The maximum Gasteiger partial charge on any atom is 0.251 e. The molecule has 3 heteroatoms. The minimum Gasteiger partial charge on any atom is -0.345 e. The van der Waals surface area contributed by atoms with Crippen LogP contribution in [0.25, 0.3) is 0 Å². The summed E-state index contributed by atoms with van der Waals surface area (Å²) in [7, 11) is 0. The summed E-state index contributed by atoms with van der Waals surface area (Å²) in [6.07, 6.45) is 7.49. The Balaban J connectivity index is 1.78. The Morgan fingerprint density at radius 3 is 2.70 bits per heavy atom. The Labute approximate surface area is 138 Å². The van der Waals surface area contributed by atoms with Gasteiger partial charge in [-0.25, -0.2) is 0 Å². The fraction of sp³-hybridized carbons (Fsp3) is 0.400. The molecule has 0 aliphatic heterocycles. The summed E-state index contributed by atoms with van der Waals surface area (Å²) < 4.78 is 0. The smallest absolute Gasteiger partial charge is 0.251 e. The number of aromatic nitrogens is 1. The quantitative estimate of drug-likeness (QED) is 0.922. The average molecular weight is 308 g/mol. The zero-order valence-corrected chi connectivity index (χ0v) is 13.9. The Morgan fingerprint density at radius 2 is 1.96 bits per heavy atom. The van der Waals surface area contributed by atoms with Gasteiger partial charge in [-0.1, -0.05) is 25.1 Å². The number of carbonyl (C=O) groups is 1. The summed E-state index contributed by atoms with van der Waals surface area (Å²) in [4.78, 5) is 16.6. The van der Waals surface area contributed by atoms with Gasteiger partial charge in [-0.2, -0.15) is 0 Å². The van der Waals surface area contributed by atoms with Crippen molar-refractivity contribution < 1.29 is 4.79 Å². The summed E-state index contributed by atoms with van der Waals surface area (Å²) >= 11 is 0. The number of hydrogen-bond donors (Lipinski definition) is 1. The molecule has 1 aliphatic carbocycles. The number of nitrogens with one attached hydrogen (secondary N) is 1. The number of fused-ring (bicyclic) bond motifs is 1. The van der Waals surface area contributed by atoms with Gasteiger partial charge in [0.1, 0.15) is 0 Å². The van der Waals surface area contributed by atoms with Crippen molar-refractivity contribution in [1.82, 2.24) is 10.3 Å². The Kier molecular flexibility index (Phi) is 4.75. The molecule has 1 aromatic carbocycles. The lowest BCUT2D eigenvalue weighted by atomic mass is 9.88.